The Balaban J connectivity index is 0.000000271. The summed E-state index contributed by atoms with van der Waals surface area (Å²) in [6.07, 6.45) is 13.2. The van der Waals surface area contributed by atoms with Gasteiger partial charge in [0, 0.05) is 11.3 Å². The van der Waals surface area contributed by atoms with Crippen LogP contribution in [0.2, 0.25) is 0 Å². The number of nitrogens with zero attached hydrogens (tertiary/aromatic N) is 1. The number of H-pyrrole nitrogens is 1. The van der Waals surface area contributed by atoms with Crippen LogP contribution in [0.5, 0.6) is 0 Å². The molecule has 4 heteroatoms. The first kappa shape index (κ1) is 23.9. The predicted octanol–water partition coefficient (Wildman–Crippen LogP) is 6.75. The maximum Gasteiger partial charge on any atom is 0.137 e. The summed E-state index contributed by atoms with van der Waals surface area (Å²) in [7, 11) is 0.422. The Morgan fingerprint density at radius 2 is 1.41 bits per heavy atom. The first-order chi connectivity index (χ1) is 13.2. The molecule has 0 atom stereocenters. The van der Waals surface area contributed by atoms with Crippen LogP contribution in [0.25, 0.3) is 11.4 Å². The number of nitrogens with one attached hydrogen (secondary N) is 1. The number of rotatable bonds is 11. The Kier molecular flexibility index (Phi) is 13.1. The van der Waals surface area contributed by atoms with E-state index in [2.05, 4.69) is 30.7 Å². The SMILES string of the molecule is CCCCP(CCCC)CCCC.Cc1[nH]c(-c2ccccc2)nc1CO. The standard InChI is InChI=1S/C12H27P.C11H12N2O/c1-4-7-10-13(11-8-5-2)12-9-6-3;1-8-10(7-14)13-11(12-8)9-5-3-2-4-6-9/h4-12H2,1-3H3;2-6,14H,7H2,1H3,(H,12,13). The molecule has 0 aliphatic rings. The number of aromatic nitrogens is 2. The van der Waals surface area contributed by atoms with Gasteiger partial charge >= 0.3 is 0 Å². The molecule has 2 rings (SSSR count). The Bertz CT molecular complexity index is 579. The number of aromatic amines is 1. The monoisotopic (exact) mass is 390 g/mol. The summed E-state index contributed by atoms with van der Waals surface area (Å²) in [5.74, 6) is 0.812. The number of unbranched alkanes of at least 4 members (excludes halogenated alkanes) is 3. The molecule has 0 saturated carbocycles. The molecule has 0 aliphatic carbocycles. The quantitative estimate of drug-likeness (QED) is 0.417. The molecule has 0 unspecified atom stereocenters. The highest BCUT2D eigenvalue weighted by molar-refractivity contribution is 7.57. The minimum atomic E-state index is -0.0187. The number of hydrogen-bond acceptors (Lipinski definition) is 2. The predicted molar refractivity (Wildman–Crippen MR) is 121 cm³/mol. The molecule has 1 heterocycles. The van der Waals surface area contributed by atoms with Gasteiger partial charge in [-0.15, -0.1) is 7.92 Å². The number of hydrogen-bond donors (Lipinski definition) is 2. The fourth-order valence-electron chi connectivity index (χ4n) is 2.86. The molecule has 3 nitrogen and oxygen atoms in total. The largest absolute Gasteiger partial charge is 0.390 e. The number of benzene rings is 1. The zero-order valence-corrected chi connectivity index (χ0v) is 18.7. The molecule has 0 saturated heterocycles. The van der Waals surface area contributed by atoms with Crippen molar-refractivity contribution < 1.29 is 5.11 Å². The van der Waals surface area contributed by atoms with Crippen LogP contribution in [0.3, 0.4) is 0 Å². The zero-order chi connectivity index (χ0) is 19.9. The summed E-state index contributed by atoms with van der Waals surface area (Å²) >= 11 is 0. The molecule has 0 spiro atoms. The minimum absolute atomic E-state index is 0.0187. The minimum Gasteiger partial charge on any atom is -0.390 e. The van der Waals surface area contributed by atoms with Crippen LogP contribution in [-0.4, -0.2) is 33.6 Å². The second kappa shape index (κ2) is 14.8. The average Bonchev–Trinajstić information content (AvgIpc) is 3.09. The fourth-order valence-corrected chi connectivity index (χ4v) is 5.82. The van der Waals surface area contributed by atoms with E-state index in [0.29, 0.717) is 13.6 Å². The van der Waals surface area contributed by atoms with Crippen LogP contribution in [0, 0.1) is 6.92 Å². The average molecular weight is 391 g/mol. The van der Waals surface area contributed by atoms with Crippen molar-refractivity contribution in [3.8, 4) is 11.4 Å². The van der Waals surface area contributed by atoms with E-state index in [1.807, 2.05) is 37.3 Å². The van der Waals surface area contributed by atoms with Crippen molar-refractivity contribution in [3.05, 3.63) is 41.7 Å². The second-order valence-corrected chi connectivity index (χ2v) is 9.77. The van der Waals surface area contributed by atoms with E-state index in [0.717, 1.165) is 17.1 Å². The van der Waals surface area contributed by atoms with E-state index in [4.69, 9.17) is 5.11 Å². The number of aliphatic hydroxyl groups excluding tert-OH is 1. The van der Waals surface area contributed by atoms with E-state index in [9.17, 15) is 0 Å². The summed E-state index contributed by atoms with van der Waals surface area (Å²) in [6, 6.07) is 9.86. The Hall–Kier alpha value is -1.18. The topological polar surface area (TPSA) is 48.9 Å². The first-order valence-corrected chi connectivity index (χ1v) is 12.5. The molecular weight excluding hydrogens is 351 g/mol. The van der Waals surface area contributed by atoms with E-state index in [-0.39, 0.29) is 6.61 Å². The van der Waals surface area contributed by atoms with Crippen molar-refractivity contribution in [1.29, 1.82) is 0 Å². The van der Waals surface area contributed by atoms with Crippen molar-refractivity contribution >= 4 is 7.92 Å². The van der Waals surface area contributed by atoms with Crippen molar-refractivity contribution in [1.82, 2.24) is 9.97 Å². The van der Waals surface area contributed by atoms with Crippen LogP contribution >= 0.6 is 7.92 Å². The van der Waals surface area contributed by atoms with E-state index in [1.165, 1.54) is 38.5 Å². The highest BCUT2D eigenvalue weighted by atomic mass is 31.1. The zero-order valence-electron chi connectivity index (χ0n) is 17.8. The van der Waals surface area contributed by atoms with Crippen molar-refractivity contribution in [2.45, 2.75) is 72.8 Å². The fraction of sp³-hybridized carbons (Fsp3) is 0.609. The van der Waals surface area contributed by atoms with Gasteiger partial charge in [0.25, 0.3) is 0 Å². The third-order valence-corrected chi connectivity index (χ3v) is 7.51. The van der Waals surface area contributed by atoms with Gasteiger partial charge in [0.15, 0.2) is 0 Å². The lowest BCUT2D eigenvalue weighted by Gasteiger charge is -2.16. The molecular formula is C23H39N2OP. The lowest BCUT2D eigenvalue weighted by atomic mass is 10.2. The van der Waals surface area contributed by atoms with Gasteiger partial charge in [-0.05, 0) is 44.7 Å². The molecule has 27 heavy (non-hydrogen) atoms. The highest BCUT2D eigenvalue weighted by Crippen LogP contribution is 2.38. The Morgan fingerprint density at radius 3 is 1.81 bits per heavy atom. The number of aliphatic hydroxyl groups is 1. The van der Waals surface area contributed by atoms with Gasteiger partial charge in [-0.3, -0.25) is 0 Å². The smallest absolute Gasteiger partial charge is 0.137 e. The molecule has 0 amide bonds. The van der Waals surface area contributed by atoms with Gasteiger partial charge in [-0.1, -0.05) is 70.4 Å². The van der Waals surface area contributed by atoms with E-state index >= 15 is 0 Å². The highest BCUT2D eigenvalue weighted by Gasteiger charge is 2.06. The second-order valence-electron chi connectivity index (χ2n) is 7.08. The molecule has 0 aliphatic heterocycles. The maximum absolute atomic E-state index is 9.00. The molecule has 2 N–H and O–H groups in total. The maximum atomic E-state index is 9.00. The van der Waals surface area contributed by atoms with Gasteiger partial charge in [0.05, 0.1) is 12.3 Å². The third-order valence-electron chi connectivity index (χ3n) is 4.67. The summed E-state index contributed by atoms with van der Waals surface area (Å²) in [5.41, 5.74) is 2.67. The molecule has 152 valence electrons. The van der Waals surface area contributed by atoms with Gasteiger partial charge in [-0.2, -0.15) is 0 Å². The molecule has 2 aromatic rings. The van der Waals surface area contributed by atoms with Crippen LogP contribution in [0.4, 0.5) is 0 Å². The van der Waals surface area contributed by atoms with Gasteiger partial charge < -0.3 is 10.1 Å². The van der Waals surface area contributed by atoms with Crippen LogP contribution < -0.4 is 0 Å². The molecule has 1 aromatic carbocycles. The Morgan fingerprint density at radius 1 is 0.889 bits per heavy atom. The summed E-state index contributed by atoms with van der Waals surface area (Å²) in [4.78, 5) is 7.43. The van der Waals surface area contributed by atoms with E-state index in [1.54, 1.807) is 18.5 Å². The normalized spacial score (nSPS) is 10.7. The van der Waals surface area contributed by atoms with E-state index < -0.39 is 0 Å². The van der Waals surface area contributed by atoms with Gasteiger partial charge in [-0.25, -0.2) is 4.98 Å². The van der Waals surface area contributed by atoms with Gasteiger partial charge in [0.1, 0.15) is 5.82 Å². The Labute approximate surface area is 167 Å². The molecule has 0 radical (unpaired) electrons. The molecule has 0 bridgehead atoms. The van der Waals surface area contributed by atoms with Crippen LogP contribution in [0.15, 0.2) is 30.3 Å². The lowest BCUT2D eigenvalue weighted by Crippen LogP contribution is -1.95. The van der Waals surface area contributed by atoms with Crippen molar-refractivity contribution in [2.24, 2.45) is 0 Å². The third kappa shape index (κ3) is 9.53. The summed E-state index contributed by atoms with van der Waals surface area (Å²) in [5, 5.41) is 9.00. The lowest BCUT2D eigenvalue weighted by molar-refractivity contribution is 0.276. The first-order valence-electron chi connectivity index (χ1n) is 10.6. The van der Waals surface area contributed by atoms with Gasteiger partial charge in [0.2, 0.25) is 0 Å². The van der Waals surface area contributed by atoms with Crippen LogP contribution in [-0.2, 0) is 6.61 Å². The van der Waals surface area contributed by atoms with Crippen molar-refractivity contribution in [3.63, 3.8) is 0 Å². The summed E-state index contributed by atoms with van der Waals surface area (Å²) < 4.78 is 0. The number of aryl methyl sites for hydroxylation is 1. The molecule has 0 fully saturated rings. The summed E-state index contributed by atoms with van der Waals surface area (Å²) in [6.45, 7) is 8.83. The number of imidazole rings is 1. The van der Waals surface area contributed by atoms with Crippen molar-refractivity contribution in [2.75, 3.05) is 18.5 Å². The van der Waals surface area contributed by atoms with Crippen LogP contribution in [0.1, 0.15) is 70.7 Å². The molecule has 1 aromatic heterocycles.